The number of ketones is 1. The maximum atomic E-state index is 11.9. The first-order chi connectivity index (χ1) is 12.1. The summed E-state index contributed by atoms with van der Waals surface area (Å²) in [7, 11) is 3.38. The Morgan fingerprint density at radius 3 is 1.60 bits per heavy atom. The highest BCUT2D eigenvalue weighted by Gasteiger charge is 2.49. The van der Waals surface area contributed by atoms with Gasteiger partial charge in [0.1, 0.15) is 0 Å². The Kier molecular flexibility index (Phi) is 11.8. The van der Waals surface area contributed by atoms with Crippen LogP contribution in [0.2, 0.25) is 0 Å². The summed E-state index contributed by atoms with van der Waals surface area (Å²) in [6.45, 7) is 2.26. The van der Waals surface area contributed by atoms with Crippen LogP contribution in [-0.4, -0.2) is 42.9 Å². The van der Waals surface area contributed by atoms with Crippen molar-refractivity contribution in [3.05, 3.63) is 0 Å². The molecule has 0 bridgehead atoms. The summed E-state index contributed by atoms with van der Waals surface area (Å²) in [5, 5.41) is 0. The minimum Gasteiger partial charge on any atom is -0.351 e. The highest BCUT2D eigenvalue weighted by molar-refractivity contribution is 5.95. The lowest BCUT2D eigenvalue weighted by atomic mass is 10.0. The van der Waals surface area contributed by atoms with Crippen molar-refractivity contribution in [3.8, 4) is 0 Å². The molecule has 1 fully saturated rings. The third-order valence-corrected chi connectivity index (χ3v) is 5.02. The van der Waals surface area contributed by atoms with Crippen LogP contribution in [0.4, 0.5) is 0 Å². The van der Waals surface area contributed by atoms with E-state index in [9.17, 15) is 9.59 Å². The molecule has 146 valence electrons. The van der Waals surface area contributed by atoms with Crippen LogP contribution in [0.5, 0.6) is 0 Å². The third-order valence-electron chi connectivity index (χ3n) is 5.02. The van der Waals surface area contributed by atoms with E-state index >= 15 is 0 Å². The molecular formula is C21H39NO3. The molecule has 1 rings (SSSR count). The Morgan fingerprint density at radius 1 is 0.720 bits per heavy atom. The van der Waals surface area contributed by atoms with Gasteiger partial charge in [-0.15, -0.1) is 0 Å². The second-order valence-corrected chi connectivity index (χ2v) is 7.67. The Balaban J connectivity index is 1.83. The van der Waals surface area contributed by atoms with Crippen molar-refractivity contribution in [2.24, 2.45) is 0 Å². The zero-order valence-corrected chi connectivity index (χ0v) is 16.7. The molecule has 25 heavy (non-hydrogen) atoms. The fraction of sp³-hybridized carbons (Fsp3) is 0.905. The first-order valence-corrected chi connectivity index (χ1v) is 10.5. The molecule has 2 unspecified atom stereocenters. The zero-order chi connectivity index (χ0) is 18.5. The number of nitrogens with zero attached hydrogens (tertiary/aromatic N) is 1. The van der Waals surface area contributed by atoms with Crippen LogP contribution in [0.25, 0.3) is 0 Å². The van der Waals surface area contributed by atoms with Gasteiger partial charge in [-0.2, -0.15) is 0 Å². The fourth-order valence-electron chi connectivity index (χ4n) is 3.26. The third kappa shape index (κ3) is 9.98. The first kappa shape index (κ1) is 22.1. The molecule has 1 aliphatic heterocycles. The maximum Gasteiger partial charge on any atom is 0.254 e. The number of likely N-dealkylation sites (N-methyl/N-ethyl adjacent to an activating group) is 1. The number of epoxide rings is 1. The molecule has 0 N–H and O–H groups in total. The van der Waals surface area contributed by atoms with Crippen molar-refractivity contribution in [3.63, 3.8) is 0 Å². The molecule has 0 aromatic carbocycles. The summed E-state index contributed by atoms with van der Waals surface area (Å²) in [6, 6.07) is 0. The number of hydrogen-bond donors (Lipinski definition) is 0. The van der Waals surface area contributed by atoms with Gasteiger partial charge < -0.3 is 9.64 Å². The quantitative estimate of drug-likeness (QED) is 0.293. The van der Waals surface area contributed by atoms with Crippen LogP contribution < -0.4 is 0 Å². The lowest BCUT2D eigenvalue weighted by Crippen LogP contribution is -2.29. The number of carbonyl (C=O) groups is 2. The molecule has 0 radical (unpaired) electrons. The average molecular weight is 354 g/mol. The van der Waals surface area contributed by atoms with E-state index in [1.54, 1.807) is 14.1 Å². The van der Waals surface area contributed by atoms with E-state index in [0.717, 1.165) is 12.8 Å². The van der Waals surface area contributed by atoms with Crippen molar-refractivity contribution in [1.29, 1.82) is 0 Å². The van der Waals surface area contributed by atoms with Crippen molar-refractivity contribution in [2.75, 3.05) is 14.1 Å². The number of rotatable bonds is 16. The van der Waals surface area contributed by atoms with Gasteiger partial charge in [0.05, 0.1) is 0 Å². The largest absolute Gasteiger partial charge is 0.351 e. The molecule has 0 aliphatic carbocycles. The van der Waals surface area contributed by atoms with Gasteiger partial charge in [-0.3, -0.25) is 9.59 Å². The number of carbonyl (C=O) groups excluding carboxylic acids is 2. The van der Waals surface area contributed by atoms with Crippen LogP contribution >= 0.6 is 0 Å². The highest BCUT2D eigenvalue weighted by Crippen LogP contribution is 2.26. The first-order valence-electron chi connectivity index (χ1n) is 10.5. The van der Waals surface area contributed by atoms with Crippen LogP contribution in [0, 0.1) is 0 Å². The number of amides is 1. The number of ether oxygens (including phenoxy) is 1. The smallest absolute Gasteiger partial charge is 0.254 e. The zero-order valence-electron chi connectivity index (χ0n) is 16.7. The Labute approximate surface area is 154 Å². The second-order valence-electron chi connectivity index (χ2n) is 7.67. The van der Waals surface area contributed by atoms with Gasteiger partial charge in [0, 0.05) is 20.5 Å². The van der Waals surface area contributed by atoms with E-state index in [2.05, 4.69) is 6.92 Å². The van der Waals surface area contributed by atoms with E-state index in [-0.39, 0.29) is 11.7 Å². The maximum absolute atomic E-state index is 11.9. The lowest BCUT2D eigenvalue weighted by Gasteiger charge is -2.06. The molecule has 1 saturated heterocycles. The lowest BCUT2D eigenvalue weighted by molar-refractivity contribution is -0.130. The summed E-state index contributed by atoms with van der Waals surface area (Å²) in [5.74, 6) is 0.00647. The highest BCUT2D eigenvalue weighted by atomic mass is 16.6. The van der Waals surface area contributed by atoms with Crippen LogP contribution in [-0.2, 0) is 14.3 Å². The molecule has 2 atom stereocenters. The van der Waals surface area contributed by atoms with E-state index < -0.39 is 12.2 Å². The van der Waals surface area contributed by atoms with Gasteiger partial charge in [0.25, 0.3) is 5.91 Å². The molecule has 0 saturated carbocycles. The van der Waals surface area contributed by atoms with Gasteiger partial charge in [0.15, 0.2) is 18.0 Å². The predicted molar refractivity (Wildman–Crippen MR) is 103 cm³/mol. The Hall–Kier alpha value is -0.900. The normalized spacial score (nSPS) is 19.0. The average Bonchev–Trinajstić information content (AvgIpc) is 3.38. The van der Waals surface area contributed by atoms with Crippen LogP contribution in [0.1, 0.15) is 96.8 Å². The molecule has 0 aromatic rings. The standard InChI is InChI=1S/C21H39NO3/c1-4-5-6-7-8-9-10-11-12-13-14-15-16-17-18(23)19-20(25-19)21(24)22(2)3/h19-20H,4-17H2,1-3H3. The number of hydrogen-bond acceptors (Lipinski definition) is 3. The van der Waals surface area contributed by atoms with Crippen LogP contribution in [0.15, 0.2) is 0 Å². The van der Waals surface area contributed by atoms with Gasteiger partial charge >= 0.3 is 0 Å². The summed E-state index contributed by atoms with van der Waals surface area (Å²) in [5.41, 5.74) is 0. The van der Waals surface area contributed by atoms with Crippen molar-refractivity contribution < 1.29 is 14.3 Å². The minimum atomic E-state index is -0.510. The molecule has 1 heterocycles. The Bertz CT molecular complexity index is 381. The van der Waals surface area contributed by atoms with Gasteiger partial charge in [-0.25, -0.2) is 0 Å². The van der Waals surface area contributed by atoms with Crippen molar-refractivity contribution in [2.45, 2.75) is 109 Å². The predicted octanol–water partition coefficient (Wildman–Crippen LogP) is 4.89. The number of Topliss-reactive ketones (excluding diaryl/α,β-unsaturated/α-hetero) is 1. The Morgan fingerprint density at radius 2 is 1.16 bits per heavy atom. The molecular weight excluding hydrogens is 314 g/mol. The molecule has 0 spiro atoms. The monoisotopic (exact) mass is 353 g/mol. The summed E-state index contributed by atoms with van der Waals surface area (Å²) in [6.07, 6.45) is 16.5. The van der Waals surface area contributed by atoms with E-state index in [1.807, 2.05) is 0 Å². The van der Waals surface area contributed by atoms with E-state index in [4.69, 9.17) is 4.74 Å². The SMILES string of the molecule is CCCCCCCCCCCCCCCC(=O)C1OC1C(=O)N(C)C. The van der Waals surface area contributed by atoms with Gasteiger partial charge in [-0.05, 0) is 6.42 Å². The minimum absolute atomic E-state index is 0.0938. The van der Waals surface area contributed by atoms with Gasteiger partial charge in [-0.1, -0.05) is 84.0 Å². The molecule has 4 nitrogen and oxygen atoms in total. The number of unbranched alkanes of at least 4 members (excludes halogenated alkanes) is 12. The van der Waals surface area contributed by atoms with Crippen molar-refractivity contribution >= 4 is 11.7 Å². The topological polar surface area (TPSA) is 49.9 Å². The van der Waals surface area contributed by atoms with Gasteiger partial charge in [0.2, 0.25) is 0 Å². The van der Waals surface area contributed by atoms with Crippen molar-refractivity contribution in [1.82, 2.24) is 4.90 Å². The second kappa shape index (κ2) is 13.3. The fourth-order valence-corrected chi connectivity index (χ4v) is 3.26. The summed E-state index contributed by atoms with van der Waals surface area (Å²) >= 11 is 0. The van der Waals surface area contributed by atoms with Crippen LogP contribution in [0.3, 0.4) is 0 Å². The summed E-state index contributed by atoms with van der Waals surface area (Å²) in [4.78, 5) is 25.1. The summed E-state index contributed by atoms with van der Waals surface area (Å²) < 4.78 is 5.23. The molecule has 0 aromatic heterocycles. The molecule has 1 amide bonds. The molecule has 1 aliphatic rings. The molecule has 4 heteroatoms. The van der Waals surface area contributed by atoms with E-state index in [1.165, 1.54) is 75.5 Å². The van der Waals surface area contributed by atoms with E-state index in [0.29, 0.717) is 6.42 Å².